The van der Waals surface area contributed by atoms with E-state index in [2.05, 4.69) is 233 Å². The Balaban J connectivity index is 1.12. The number of benzene rings is 8. The summed E-state index contributed by atoms with van der Waals surface area (Å²) in [6.07, 6.45) is 6.97. The summed E-state index contributed by atoms with van der Waals surface area (Å²) in [6.45, 7) is 31.7. The summed E-state index contributed by atoms with van der Waals surface area (Å²) >= 11 is 1.96. The van der Waals surface area contributed by atoms with Crippen LogP contribution in [0.4, 0.5) is 28.4 Å². The molecule has 0 spiro atoms. The average Bonchev–Trinajstić information content (AvgIpc) is 4.15. The number of aryl methyl sites for hydroxylation is 1. The van der Waals surface area contributed by atoms with Gasteiger partial charge in [-0.2, -0.15) is 0 Å². The molecule has 3 nitrogen and oxygen atoms in total. The predicted molar refractivity (Wildman–Crippen MR) is 336 cm³/mol. The number of rotatable bonds is 3. The second-order valence-corrected chi connectivity index (χ2v) is 29.5. The fraction of sp³-hybridized carbons (Fsp3) is 0.342. The van der Waals surface area contributed by atoms with Gasteiger partial charge in [-0.25, -0.2) is 0 Å². The summed E-state index contributed by atoms with van der Waals surface area (Å²) in [7, 11) is 0. The third-order valence-electron chi connectivity index (χ3n) is 20.8. The lowest BCUT2D eigenvalue weighted by Crippen LogP contribution is -2.61. The van der Waals surface area contributed by atoms with Gasteiger partial charge in [0.25, 0.3) is 0 Å². The van der Waals surface area contributed by atoms with Crippen molar-refractivity contribution in [1.29, 1.82) is 0 Å². The summed E-state index contributed by atoms with van der Waals surface area (Å²) in [5.41, 5.74) is 26.2. The van der Waals surface area contributed by atoms with Crippen LogP contribution in [0.25, 0.3) is 64.4 Å². The Morgan fingerprint density at radius 3 is 1.76 bits per heavy atom. The number of furan rings is 1. The Kier molecular flexibility index (Phi) is 9.86. The van der Waals surface area contributed by atoms with E-state index < -0.39 is 0 Å². The monoisotopic (exact) mass is 1040 g/mol. The van der Waals surface area contributed by atoms with Crippen LogP contribution in [-0.4, -0.2) is 6.85 Å². The number of hydrogen-bond donors (Lipinski definition) is 0. The smallest absolute Gasteiger partial charge is 0.333 e. The lowest BCUT2D eigenvalue weighted by atomic mass is 9.43. The molecule has 15 rings (SSSR count). The number of nitrogens with zero attached hydrogens (tertiary/aromatic N) is 2. The van der Waals surface area contributed by atoms with Crippen molar-refractivity contribution in [3.63, 3.8) is 0 Å². The molecule has 0 unspecified atom stereocenters. The lowest BCUT2D eigenvalue weighted by molar-refractivity contribution is 0.332. The SMILES string of the molecule is Cc1cc2c(cc1N1c3cc(-c4ccccc4)ccc3B3c4c1cc1c(sc5ccccc51)c4-c1ccc4c(oc5cc6c(cc54)C(C)(C)CCC6(C)C)c1N3c1ccc3c(c1)C(C)(C)CCC3(C)C)C(C)(C)CCC2(C)C. The van der Waals surface area contributed by atoms with Crippen molar-refractivity contribution < 1.29 is 4.42 Å². The predicted octanol–water partition coefficient (Wildman–Crippen LogP) is 19.7. The van der Waals surface area contributed by atoms with E-state index in [0.29, 0.717) is 0 Å². The standard InChI is InChI=1S/C73H73BN2OS/c1-42-35-52-55(72(10,11)33-31-69(52,4)5)40-58(42)75-59-36-44(43-19-15-14-16-20-43)23-28-57(59)74-64-60(75)39-50-46-21-17-18-22-62(46)78-67(50)63(64)48-26-25-47-49-38-54-56(73(12,13)34-32-71(54,8)9)41-61(49)77-66(47)65(48)76(74)45-24-27-51-53(37-45)70(6,7)30-29-68(51,2)3/h14-28,35-41H,29-34H2,1-13H3. The number of thiophene rings is 1. The molecule has 2 aliphatic heterocycles. The van der Waals surface area contributed by atoms with Gasteiger partial charge in [0.1, 0.15) is 5.58 Å². The molecule has 0 saturated heterocycles. The van der Waals surface area contributed by atoms with Gasteiger partial charge in [0.05, 0.1) is 5.69 Å². The van der Waals surface area contributed by atoms with Gasteiger partial charge in [-0.15, -0.1) is 11.3 Å². The fourth-order valence-corrected chi connectivity index (χ4v) is 16.8. The van der Waals surface area contributed by atoms with Crippen molar-refractivity contribution >= 4 is 99.7 Å². The van der Waals surface area contributed by atoms with Gasteiger partial charge >= 0.3 is 6.85 Å². The van der Waals surface area contributed by atoms with Gasteiger partial charge in [-0.1, -0.05) is 162 Å². The highest BCUT2D eigenvalue weighted by atomic mass is 32.1. The maximum absolute atomic E-state index is 7.66. The third kappa shape index (κ3) is 6.69. The van der Waals surface area contributed by atoms with E-state index in [9.17, 15) is 0 Å². The van der Waals surface area contributed by atoms with Crippen LogP contribution >= 0.6 is 11.3 Å². The Bertz CT molecular complexity index is 4250. The molecule has 78 heavy (non-hydrogen) atoms. The summed E-state index contributed by atoms with van der Waals surface area (Å²) < 4.78 is 10.3. The minimum absolute atomic E-state index is 0.00795. The zero-order chi connectivity index (χ0) is 54.0. The highest BCUT2D eigenvalue weighted by Crippen LogP contribution is 2.58. The van der Waals surface area contributed by atoms with Gasteiger partial charge in [-0.05, 0) is 194 Å². The number of hydrogen-bond acceptors (Lipinski definition) is 4. The summed E-state index contributed by atoms with van der Waals surface area (Å²) in [4.78, 5) is 5.48. The van der Waals surface area contributed by atoms with Crippen molar-refractivity contribution in [2.75, 3.05) is 9.71 Å². The second-order valence-electron chi connectivity index (χ2n) is 28.5. The first-order chi connectivity index (χ1) is 37.0. The van der Waals surface area contributed by atoms with E-state index in [1.54, 1.807) is 0 Å². The molecule has 5 heteroatoms. The molecule has 8 aromatic carbocycles. The third-order valence-corrected chi connectivity index (χ3v) is 22.0. The first-order valence-electron chi connectivity index (χ1n) is 29.2. The molecule has 0 radical (unpaired) electrons. The van der Waals surface area contributed by atoms with Crippen LogP contribution in [0.3, 0.4) is 0 Å². The molecule has 0 N–H and O–H groups in total. The Morgan fingerprint density at radius 1 is 0.462 bits per heavy atom. The molecule has 0 amide bonds. The molecular weight excluding hydrogens is 964 g/mol. The molecule has 0 saturated carbocycles. The Labute approximate surface area is 466 Å². The van der Waals surface area contributed by atoms with Gasteiger partial charge < -0.3 is 14.1 Å². The molecule has 5 aliphatic rings. The largest absolute Gasteiger partial charge is 0.454 e. The normalized spacial score (nSPS) is 19.6. The van der Waals surface area contributed by atoms with Crippen LogP contribution in [0.2, 0.25) is 0 Å². The summed E-state index contributed by atoms with van der Waals surface area (Å²) in [5.74, 6) is 0. The molecule has 0 bridgehead atoms. The number of anilines is 5. The van der Waals surface area contributed by atoms with Crippen LogP contribution < -0.4 is 20.6 Å². The maximum atomic E-state index is 7.66. The Morgan fingerprint density at radius 2 is 1.06 bits per heavy atom. The van der Waals surface area contributed by atoms with Crippen LogP contribution in [0.1, 0.15) is 161 Å². The summed E-state index contributed by atoms with van der Waals surface area (Å²) in [5, 5.41) is 5.03. The van der Waals surface area contributed by atoms with E-state index in [1.807, 2.05) is 11.3 Å². The zero-order valence-electron chi connectivity index (χ0n) is 48.2. The minimum atomic E-state index is -0.191. The minimum Gasteiger partial charge on any atom is -0.454 e. The van der Waals surface area contributed by atoms with Crippen LogP contribution in [0.15, 0.2) is 138 Å². The second kappa shape index (κ2) is 15.8. The molecular formula is C73H73BN2OS. The van der Waals surface area contributed by atoms with E-state index >= 15 is 0 Å². The molecule has 0 atom stereocenters. The number of fused-ring (bicyclic) bond motifs is 15. The molecule has 3 aliphatic carbocycles. The lowest BCUT2D eigenvalue weighted by Gasteiger charge is -2.48. The van der Waals surface area contributed by atoms with Crippen molar-refractivity contribution in [1.82, 2.24) is 0 Å². The van der Waals surface area contributed by atoms with Gasteiger partial charge in [-0.3, -0.25) is 0 Å². The van der Waals surface area contributed by atoms with E-state index in [4.69, 9.17) is 4.42 Å². The highest BCUT2D eigenvalue weighted by molar-refractivity contribution is 7.26. The van der Waals surface area contributed by atoms with Gasteiger partial charge in [0.15, 0.2) is 5.58 Å². The van der Waals surface area contributed by atoms with Crippen molar-refractivity contribution in [3.05, 3.63) is 172 Å². The van der Waals surface area contributed by atoms with E-state index in [1.165, 1.54) is 144 Å². The fourth-order valence-electron chi connectivity index (χ4n) is 15.6. The molecule has 2 aromatic heterocycles. The van der Waals surface area contributed by atoms with Gasteiger partial charge in [0, 0.05) is 64.8 Å². The molecule has 4 heterocycles. The maximum Gasteiger partial charge on any atom is 0.333 e. The van der Waals surface area contributed by atoms with Crippen molar-refractivity contribution in [2.45, 2.75) is 161 Å². The molecule has 10 aromatic rings. The Hall–Kier alpha value is -6.56. The molecule has 390 valence electrons. The topological polar surface area (TPSA) is 19.6 Å². The van der Waals surface area contributed by atoms with Gasteiger partial charge in [0.2, 0.25) is 0 Å². The highest BCUT2D eigenvalue weighted by Gasteiger charge is 2.49. The van der Waals surface area contributed by atoms with Crippen LogP contribution in [0, 0.1) is 6.92 Å². The quantitative estimate of drug-likeness (QED) is 0.164. The summed E-state index contributed by atoms with van der Waals surface area (Å²) in [6, 6.07) is 52.8. The van der Waals surface area contributed by atoms with Crippen molar-refractivity contribution in [2.24, 2.45) is 0 Å². The first kappa shape index (κ1) is 48.6. The zero-order valence-corrected chi connectivity index (χ0v) is 49.0. The van der Waals surface area contributed by atoms with Crippen molar-refractivity contribution in [3.8, 4) is 22.3 Å². The van der Waals surface area contributed by atoms with E-state index in [-0.39, 0.29) is 39.3 Å². The average molecular weight is 1040 g/mol. The first-order valence-corrected chi connectivity index (χ1v) is 30.0. The molecule has 0 fully saturated rings. The van der Waals surface area contributed by atoms with Crippen LogP contribution in [-0.2, 0) is 32.5 Å². The van der Waals surface area contributed by atoms with E-state index in [0.717, 1.165) is 36.8 Å². The van der Waals surface area contributed by atoms with Crippen LogP contribution in [0.5, 0.6) is 0 Å².